The zero-order valence-electron chi connectivity index (χ0n) is 16.4. The van der Waals surface area contributed by atoms with Crippen molar-refractivity contribution in [2.45, 2.75) is 116 Å². The van der Waals surface area contributed by atoms with Crippen molar-refractivity contribution >= 4 is 6.16 Å². The van der Waals surface area contributed by atoms with E-state index in [0.29, 0.717) is 6.61 Å². The second-order valence-electron chi connectivity index (χ2n) is 7.53. The van der Waals surface area contributed by atoms with Crippen LogP contribution < -0.4 is 0 Å². The molecule has 0 aromatic carbocycles. The van der Waals surface area contributed by atoms with Crippen molar-refractivity contribution < 1.29 is 24.3 Å². The van der Waals surface area contributed by atoms with Gasteiger partial charge >= 0.3 is 6.16 Å². The molecule has 0 aromatic rings. The first-order valence-corrected chi connectivity index (χ1v) is 10.4. The third-order valence-corrected chi connectivity index (χ3v) is 4.97. The molecule has 0 N–H and O–H groups in total. The minimum atomic E-state index is -0.824. The lowest BCUT2D eigenvalue weighted by Crippen LogP contribution is -2.31. The number of hydrogen-bond acceptors (Lipinski definition) is 5. The fraction of sp³-hybridized carbons (Fsp3) is 0.950. The molecule has 0 amide bonds. The Kier molecular flexibility index (Phi) is 12.8. The summed E-state index contributed by atoms with van der Waals surface area (Å²) in [5, 5.41) is 4.61. The van der Waals surface area contributed by atoms with Gasteiger partial charge in [0.25, 0.3) is 0 Å². The summed E-state index contributed by atoms with van der Waals surface area (Å²) < 4.78 is 4.97. The third-order valence-electron chi connectivity index (χ3n) is 4.97. The van der Waals surface area contributed by atoms with Gasteiger partial charge in [-0.05, 0) is 31.2 Å². The molecular weight excluding hydrogens is 320 g/mol. The van der Waals surface area contributed by atoms with Crippen LogP contribution in [0.4, 0.5) is 4.79 Å². The molecule has 1 rings (SSSR count). The SMILES string of the molecule is CCCCCCCCCCCCOC(=O)OOOC1(C)CCCCC1. The summed E-state index contributed by atoms with van der Waals surface area (Å²) in [6.45, 7) is 4.59. The van der Waals surface area contributed by atoms with Crippen LogP contribution >= 0.6 is 0 Å². The van der Waals surface area contributed by atoms with Gasteiger partial charge in [0.2, 0.25) is 0 Å². The van der Waals surface area contributed by atoms with Crippen molar-refractivity contribution in [3.05, 3.63) is 0 Å². The summed E-state index contributed by atoms with van der Waals surface area (Å²) in [5.74, 6) is 0. The van der Waals surface area contributed by atoms with Gasteiger partial charge in [-0.1, -0.05) is 84.0 Å². The van der Waals surface area contributed by atoms with Gasteiger partial charge in [0, 0.05) is 0 Å². The summed E-state index contributed by atoms with van der Waals surface area (Å²) in [6, 6.07) is 0. The van der Waals surface area contributed by atoms with E-state index >= 15 is 0 Å². The van der Waals surface area contributed by atoms with E-state index in [0.717, 1.165) is 38.5 Å². The fourth-order valence-electron chi connectivity index (χ4n) is 3.28. The maximum Gasteiger partial charge on any atom is 0.542 e. The first-order chi connectivity index (χ1) is 12.2. The summed E-state index contributed by atoms with van der Waals surface area (Å²) in [4.78, 5) is 21.1. The summed E-state index contributed by atoms with van der Waals surface area (Å²) in [7, 11) is 0. The topological polar surface area (TPSA) is 54.0 Å². The van der Waals surface area contributed by atoms with E-state index < -0.39 is 6.16 Å². The molecule has 0 saturated heterocycles. The molecule has 5 heteroatoms. The van der Waals surface area contributed by atoms with Gasteiger partial charge in [0.15, 0.2) is 0 Å². The highest BCUT2D eigenvalue weighted by molar-refractivity contribution is 5.58. The molecule has 0 spiro atoms. The lowest BCUT2D eigenvalue weighted by molar-refractivity contribution is -0.521. The molecule has 1 saturated carbocycles. The van der Waals surface area contributed by atoms with Gasteiger partial charge in [-0.3, -0.25) is 0 Å². The van der Waals surface area contributed by atoms with Crippen LogP contribution in [-0.4, -0.2) is 18.4 Å². The fourth-order valence-corrected chi connectivity index (χ4v) is 3.28. The van der Waals surface area contributed by atoms with Crippen LogP contribution in [0.3, 0.4) is 0 Å². The van der Waals surface area contributed by atoms with Crippen molar-refractivity contribution in [2.75, 3.05) is 6.61 Å². The zero-order valence-corrected chi connectivity index (χ0v) is 16.4. The summed E-state index contributed by atoms with van der Waals surface area (Å²) in [5.41, 5.74) is -0.352. The highest BCUT2D eigenvalue weighted by atomic mass is 17.5. The third kappa shape index (κ3) is 12.2. The molecule has 25 heavy (non-hydrogen) atoms. The van der Waals surface area contributed by atoms with E-state index in [1.807, 2.05) is 6.92 Å². The number of carbonyl (C=O) groups is 1. The van der Waals surface area contributed by atoms with Crippen molar-refractivity contribution in [2.24, 2.45) is 0 Å². The highest BCUT2D eigenvalue weighted by Gasteiger charge is 2.30. The van der Waals surface area contributed by atoms with Gasteiger partial charge < -0.3 is 4.74 Å². The molecule has 148 valence electrons. The maximum absolute atomic E-state index is 11.4. The molecule has 1 aliphatic rings. The predicted molar refractivity (Wildman–Crippen MR) is 97.9 cm³/mol. The van der Waals surface area contributed by atoms with Gasteiger partial charge in [-0.15, -0.1) is 0 Å². The molecule has 0 bridgehead atoms. The van der Waals surface area contributed by atoms with E-state index in [4.69, 9.17) is 9.62 Å². The minimum Gasteiger partial charge on any atom is -0.432 e. The number of rotatable bonds is 14. The van der Waals surface area contributed by atoms with E-state index in [2.05, 4.69) is 16.8 Å². The van der Waals surface area contributed by atoms with Crippen molar-refractivity contribution in [3.8, 4) is 0 Å². The van der Waals surface area contributed by atoms with Crippen LogP contribution in [0.5, 0.6) is 0 Å². The Morgan fingerprint density at radius 2 is 1.40 bits per heavy atom. The summed E-state index contributed by atoms with van der Waals surface area (Å²) in [6.07, 6.45) is 16.9. The van der Waals surface area contributed by atoms with E-state index in [9.17, 15) is 4.79 Å². The zero-order chi connectivity index (χ0) is 18.2. The average Bonchev–Trinajstić information content (AvgIpc) is 2.60. The smallest absolute Gasteiger partial charge is 0.432 e. The average molecular weight is 359 g/mol. The Bertz CT molecular complexity index is 326. The van der Waals surface area contributed by atoms with Crippen molar-refractivity contribution in [1.29, 1.82) is 0 Å². The molecule has 1 fully saturated rings. The van der Waals surface area contributed by atoms with Crippen LogP contribution in [-0.2, 0) is 19.6 Å². The Balaban J connectivity index is 1.84. The lowest BCUT2D eigenvalue weighted by Gasteiger charge is -2.30. The Morgan fingerprint density at radius 3 is 2.00 bits per heavy atom. The van der Waals surface area contributed by atoms with Crippen LogP contribution in [0.25, 0.3) is 0 Å². The molecular formula is C20H38O5. The first-order valence-electron chi connectivity index (χ1n) is 10.4. The van der Waals surface area contributed by atoms with Crippen LogP contribution in [0.15, 0.2) is 0 Å². The molecule has 0 heterocycles. The largest absolute Gasteiger partial charge is 0.542 e. The van der Waals surface area contributed by atoms with Crippen LogP contribution in [0.1, 0.15) is 110 Å². The Labute approximate surface area is 153 Å². The van der Waals surface area contributed by atoms with Gasteiger partial charge in [-0.25, -0.2) is 9.68 Å². The predicted octanol–water partition coefficient (Wildman–Crippen LogP) is 6.65. The summed E-state index contributed by atoms with van der Waals surface area (Å²) >= 11 is 0. The molecule has 5 nitrogen and oxygen atoms in total. The van der Waals surface area contributed by atoms with Gasteiger partial charge in [-0.2, -0.15) is 4.89 Å². The number of carbonyl (C=O) groups excluding carboxylic acids is 1. The second kappa shape index (κ2) is 14.4. The molecule has 0 atom stereocenters. The van der Waals surface area contributed by atoms with Gasteiger partial charge in [0.05, 0.1) is 6.61 Å². The first kappa shape index (κ1) is 22.2. The number of hydrogen-bond donors (Lipinski definition) is 0. The van der Waals surface area contributed by atoms with Crippen molar-refractivity contribution in [3.63, 3.8) is 0 Å². The standard InChI is InChI=1S/C20H38O5/c1-3-4-5-6-7-8-9-10-11-15-18-22-19(21)23-25-24-20(2)16-13-12-14-17-20/h3-18H2,1-2H3. The minimum absolute atomic E-state index is 0.352. The molecule has 0 radical (unpaired) electrons. The van der Waals surface area contributed by atoms with E-state index in [1.54, 1.807) is 0 Å². The molecule has 1 aliphatic carbocycles. The lowest BCUT2D eigenvalue weighted by atomic mass is 9.87. The Morgan fingerprint density at radius 1 is 0.840 bits per heavy atom. The molecule has 0 unspecified atom stereocenters. The monoisotopic (exact) mass is 358 g/mol. The normalized spacial score (nSPS) is 16.6. The second-order valence-corrected chi connectivity index (χ2v) is 7.53. The Hall–Kier alpha value is -0.810. The number of unbranched alkanes of at least 4 members (excludes halogenated alkanes) is 9. The van der Waals surface area contributed by atoms with E-state index in [-0.39, 0.29) is 5.60 Å². The van der Waals surface area contributed by atoms with Crippen LogP contribution in [0.2, 0.25) is 0 Å². The quantitative estimate of drug-likeness (QED) is 0.151. The van der Waals surface area contributed by atoms with Crippen LogP contribution in [0, 0.1) is 0 Å². The molecule has 0 aliphatic heterocycles. The van der Waals surface area contributed by atoms with Gasteiger partial charge in [0.1, 0.15) is 5.60 Å². The number of ether oxygens (including phenoxy) is 1. The maximum atomic E-state index is 11.4. The van der Waals surface area contributed by atoms with E-state index in [1.165, 1.54) is 57.8 Å². The highest BCUT2D eigenvalue weighted by Crippen LogP contribution is 2.31. The molecule has 0 aromatic heterocycles. The van der Waals surface area contributed by atoms with Crippen molar-refractivity contribution in [1.82, 2.24) is 0 Å².